The highest BCUT2D eigenvalue weighted by atomic mass is 16.1. The van der Waals surface area contributed by atoms with Crippen molar-refractivity contribution in [3.63, 3.8) is 0 Å². The summed E-state index contributed by atoms with van der Waals surface area (Å²) >= 11 is 0. The van der Waals surface area contributed by atoms with Crippen LogP contribution >= 0.6 is 0 Å². The molecule has 0 spiro atoms. The van der Waals surface area contributed by atoms with Crippen LogP contribution in [-0.4, -0.2) is 11.5 Å². The molecule has 146 valence electrons. The maximum atomic E-state index is 13.3. The van der Waals surface area contributed by atoms with Gasteiger partial charge in [-0.15, -0.1) is 0 Å². The minimum absolute atomic E-state index is 0.106. The second-order valence-corrected chi connectivity index (χ2v) is 8.72. The topological polar surface area (TPSA) is 40.9 Å². The molecule has 0 heterocycles. The number of carbonyl (C=O) groups is 1. The quantitative estimate of drug-likeness (QED) is 0.641. The average molecular weight is 382 g/mol. The lowest BCUT2D eigenvalue weighted by Gasteiger charge is -2.34. The monoisotopic (exact) mass is 381 g/mol. The largest absolute Gasteiger partial charge is 0.305 e. The Labute approximate surface area is 172 Å². The van der Waals surface area contributed by atoms with E-state index in [2.05, 4.69) is 31.2 Å². The van der Waals surface area contributed by atoms with Crippen LogP contribution in [0.4, 0.5) is 0 Å². The first-order valence-electron chi connectivity index (χ1n) is 10.8. The number of fused-ring (bicyclic) bond motifs is 4. The van der Waals surface area contributed by atoms with Gasteiger partial charge in [-0.05, 0) is 90.0 Å². The molecule has 5 rings (SSSR count). The van der Waals surface area contributed by atoms with Gasteiger partial charge in [0, 0.05) is 17.2 Å². The molecule has 2 heteroatoms. The molecular formula is C27H27NO. The highest BCUT2D eigenvalue weighted by Gasteiger charge is 2.33. The second kappa shape index (κ2) is 6.95. The van der Waals surface area contributed by atoms with Gasteiger partial charge >= 0.3 is 0 Å². The highest BCUT2D eigenvalue weighted by molar-refractivity contribution is 6.05. The van der Waals surface area contributed by atoms with Crippen LogP contribution in [0.3, 0.4) is 0 Å². The summed E-state index contributed by atoms with van der Waals surface area (Å²) in [5.41, 5.74) is 10.4. The number of hydrogen-bond acceptors (Lipinski definition) is 2. The van der Waals surface area contributed by atoms with Crippen LogP contribution in [0.15, 0.2) is 54.1 Å². The van der Waals surface area contributed by atoms with Gasteiger partial charge in [0.25, 0.3) is 0 Å². The fourth-order valence-corrected chi connectivity index (χ4v) is 5.33. The van der Waals surface area contributed by atoms with Crippen LogP contribution < -0.4 is 0 Å². The summed E-state index contributed by atoms with van der Waals surface area (Å²) in [6.07, 6.45) is 9.39. The lowest BCUT2D eigenvalue weighted by molar-refractivity contribution is 0.0945. The fraction of sp³-hybridized carbons (Fsp3) is 0.333. The zero-order valence-electron chi connectivity index (χ0n) is 17.2. The Morgan fingerprint density at radius 2 is 1.93 bits per heavy atom. The molecule has 2 unspecified atom stereocenters. The standard InChI is InChI=1S/C27H27NO/c1-3-17-12-20-13-18-9-11-26(28)24(18)15-23(20)25-14-19(8-10-22(17)25)27(29)21-7-5-4-6-16(21)2/h4-7,10,13-15,17,19,28H,3,8-9,11-12H2,1-2H3. The van der Waals surface area contributed by atoms with Crippen LogP contribution in [0.5, 0.6) is 0 Å². The Hall–Kier alpha value is -2.74. The van der Waals surface area contributed by atoms with Gasteiger partial charge in [-0.25, -0.2) is 0 Å². The number of allylic oxidation sites excluding steroid dienone is 4. The summed E-state index contributed by atoms with van der Waals surface area (Å²) in [5.74, 6) is 0.646. The smallest absolute Gasteiger partial charge is 0.170 e. The van der Waals surface area contributed by atoms with Crippen molar-refractivity contribution >= 4 is 17.1 Å². The zero-order chi connectivity index (χ0) is 20.1. The number of rotatable bonds is 3. The first kappa shape index (κ1) is 18.3. The first-order valence-corrected chi connectivity index (χ1v) is 10.8. The molecule has 0 bridgehead atoms. The molecule has 0 amide bonds. The first-order chi connectivity index (χ1) is 14.1. The van der Waals surface area contributed by atoms with E-state index in [1.165, 1.54) is 27.8 Å². The second-order valence-electron chi connectivity index (χ2n) is 8.72. The van der Waals surface area contributed by atoms with Crippen molar-refractivity contribution in [2.45, 2.75) is 46.0 Å². The van der Waals surface area contributed by atoms with Crippen molar-refractivity contribution in [3.05, 3.63) is 87.5 Å². The van der Waals surface area contributed by atoms with Crippen LogP contribution in [0.25, 0.3) is 5.57 Å². The van der Waals surface area contributed by atoms with Crippen molar-refractivity contribution in [2.24, 2.45) is 11.8 Å². The summed E-state index contributed by atoms with van der Waals surface area (Å²) in [6, 6.07) is 12.5. The maximum Gasteiger partial charge on any atom is 0.170 e. The van der Waals surface area contributed by atoms with E-state index in [9.17, 15) is 4.79 Å². The fourth-order valence-electron chi connectivity index (χ4n) is 5.33. The van der Waals surface area contributed by atoms with Gasteiger partial charge in [0.2, 0.25) is 0 Å². The van der Waals surface area contributed by atoms with E-state index >= 15 is 0 Å². The molecule has 1 N–H and O–H groups in total. The van der Waals surface area contributed by atoms with E-state index in [-0.39, 0.29) is 11.7 Å². The lowest BCUT2D eigenvalue weighted by Crippen LogP contribution is -2.23. The number of carbonyl (C=O) groups excluding carboxylic acids is 1. The highest BCUT2D eigenvalue weighted by Crippen LogP contribution is 2.45. The Morgan fingerprint density at radius 1 is 1.10 bits per heavy atom. The molecule has 29 heavy (non-hydrogen) atoms. The van der Waals surface area contributed by atoms with Gasteiger partial charge in [0.05, 0.1) is 0 Å². The third kappa shape index (κ3) is 2.93. The average Bonchev–Trinajstić information content (AvgIpc) is 3.11. The van der Waals surface area contributed by atoms with Crippen LogP contribution in [0.2, 0.25) is 0 Å². The molecule has 0 saturated heterocycles. The van der Waals surface area contributed by atoms with Gasteiger partial charge in [0.1, 0.15) is 0 Å². The Morgan fingerprint density at radius 3 is 2.72 bits per heavy atom. The molecule has 0 saturated carbocycles. The number of Topliss-reactive ketones (excluding diaryl/α,β-unsaturated/α-hetero) is 1. The molecule has 3 aliphatic carbocycles. The molecule has 0 radical (unpaired) electrons. The van der Waals surface area contributed by atoms with Crippen LogP contribution in [0, 0.1) is 24.2 Å². The SMILES string of the molecule is CCC1Cc2cc3c(cc2C2=CC(C(=O)c4ccccc4C)CC=C21)C(=N)CC3. The van der Waals surface area contributed by atoms with Gasteiger partial charge in [-0.1, -0.05) is 49.4 Å². The van der Waals surface area contributed by atoms with Crippen LogP contribution in [0.1, 0.15) is 64.4 Å². The summed E-state index contributed by atoms with van der Waals surface area (Å²) in [5, 5.41) is 8.31. The Balaban J connectivity index is 1.60. The van der Waals surface area contributed by atoms with Gasteiger partial charge in [0.15, 0.2) is 5.78 Å². The molecule has 0 fully saturated rings. The van der Waals surface area contributed by atoms with E-state index in [4.69, 9.17) is 5.41 Å². The molecule has 2 nitrogen and oxygen atoms in total. The van der Waals surface area contributed by atoms with Crippen LogP contribution in [-0.2, 0) is 12.8 Å². The third-order valence-corrected chi connectivity index (χ3v) is 7.01. The van der Waals surface area contributed by atoms with E-state index in [1.807, 2.05) is 31.2 Å². The number of nitrogens with one attached hydrogen (secondary N) is 1. The zero-order valence-corrected chi connectivity index (χ0v) is 17.2. The summed E-state index contributed by atoms with van der Waals surface area (Å²) < 4.78 is 0. The number of aryl methyl sites for hydroxylation is 2. The van der Waals surface area contributed by atoms with Crippen molar-refractivity contribution in [1.29, 1.82) is 5.41 Å². The van der Waals surface area contributed by atoms with E-state index in [0.29, 0.717) is 5.92 Å². The molecule has 3 aliphatic rings. The lowest BCUT2D eigenvalue weighted by atomic mass is 9.70. The maximum absolute atomic E-state index is 13.3. The summed E-state index contributed by atoms with van der Waals surface area (Å²) in [7, 11) is 0. The molecule has 0 aromatic heterocycles. The Kier molecular flexibility index (Phi) is 4.38. The Bertz CT molecular complexity index is 1100. The van der Waals surface area contributed by atoms with Gasteiger partial charge < -0.3 is 5.41 Å². The van der Waals surface area contributed by atoms with Crippen molar-refractivity contribution < 1.29 is 4.79 Å². The molecule has 0 aliphatic heterocycles. The van der Waals surface area contributed by atoms with E-state index < -0.39 is 0 Å². The van der Waals surface area contributed by atoms with Crippen molar-refractivity contribution in [2.75, 3.05) is 0 Å². The minimum Gasteiger partial charge on any atom is -0.305 e. The number of benzene rings is 2. The van der Waals surface area contributed by atoms with Crippen molar-refractivity contribution in [1.82, 2.24) is 0 Å². The van der Waals surface area contributed by atoms with Crippen molar-refractivity contribution in [3.8, 4) is 0 Å². The normalized spacial score (nSPS) is 22.3. The number of hydrogen-bond donors (Lipinski definition) is 1. The predicted molar refractivity (Wildman–Crippen MR) is 119 cm³/mol. The summed E-state index contributed by atoms with van der Waals surface area (Å²) in [4.78, 5) is 13.3. The predicted octanol–water partition coefficient (Wildman–Crippen LogP) is 6.10. The molecule has 2 atom stereocenters. The summed E-state index contributed by atoms with van der Waals surface area (Å²) in [6.45, 7) is 4.28. The minimum atomic E-state index is -0.106. The number of ketones is 1. The van der Waals surface area contributed by atoms with Gasteiger partial charge in [-0.2, -0.15) is 0 Å². The molecule has 2 aromatic carbocycles. The third-order valence-electron chi connectivity index (χ3n) is 7.01. The van der Waals surface area contributed by atoms with E-state index in [1.54, 1.807) is 0 Å². The van der Waals surface area contributed by atoms with Gasteiger partial charge in [-0.3, -0.25) is 4.79 Å². The molecular weight excluding hydrogens is 354 g/mol. The van der Waals surface area contributed by atoms with E-state index in [0.717, 1.165) is 54.5 Å². The molecule has 2 aromatic rings.